The first kappa shape index (κ1) is 42.6. The number of para-hydroxylation sites is 1. The summed E-state index contributed by atoms with van der Waals surface area (Å²) in [6, 6.07) is 25.1. The first-order valence-corrected chi connectivity index (χ1v) is 22.3. The van der Waals surface area contributed by atoms with Crippen LogP contribution in [0.4, 0.5) is 16.3 Å². The Bertz CT molecular complexity index is 2500. The third kappa shape index (κ3) is 8.77. The van der Waals surface area contributed by atoms with E-state index in [2.05, 4.69) is 27.0 Å². The topological polar surface area (TPSA) is 150 Å². The molecule has 5 aromatic rings. The van der Waals surface area contributed by atoms with Crippen molar-refractivity contribution in [2.24, 2.45) is 7.05 Å². The van der Waals surface area contributed by atoms with Crippen molar-refractivity contribution in [1.29, 1.82) is 0 Å². The van der Waals surface area contributed by atoms with Crippen molar-refractivity contribution in [3.8, 4) is 5.75 Å². The highest BCUT2D eigenvalue weighted by Gasteiger charge is 2.51. The molecule has 0 radical (unpaired) electrons. The van der Waals surface area contributed by atoms with Gasteiger partial charge in [-0.2, -0.15) is 0 Å². The molecule has 15 nitrogen and oxygen atoms in total. The van der Waals surface area contributed by atoms with Gasteiger partial charge in [-0.1, -0.05) is 66.7 Å². The van der Waals surface area contributed by atoms with E-state index in [-0.39, 0.29) is 62.6 Å². The lowest BCUT2D eigenvalue weighted by atomic mass is 9.98. The van der Waals surface area contributed by atoms with Crippen LogP contribution < -0.4 is 15.5 Å². The molecule has 4 aliphatic heterocycles. The number of hydrazine groups is 1. The summed E-state index contributed by atoms with van der Waals surface area (Å²) in [6.07, 6.45) is 9.36. The molecular formula is C49H56N10O5. The SMILES string of the molecule is C=CCN1CC(=O)N2C(Cc3ccc(O)cc3)C(=O)N(Cc3cccc4c(C(=O)Nc5ccc(N6CCC(N7CCCC7)CC6)nc5)cn(C)c34)CC2N1C(=O)NCc1ccccc1. The van der Waals surface area contributed by atoms with Crippen LogP contribution in [0.15, 0.2) is 110 Å². The Labute approximate surface area is 373 Å². The number of anilines is 2. The normalized spacial score (nSPS) is 19.9. The van der Waals surface area contributed by atoms with Gasteiger partial charge >= 0.3 is 6.03 Å². The lowest BCUT2D eigenvalue weighted by Crippen LogP contribution is -2.76. The van der Waals surface area contributed by atoms with Crippen molar-refractivity contribution in [2.45, 2.75) is 63.4 Å². The van der Waals surface area contributed by atoms with E-state index in [1.54, 1.807) is 62.6 Å². The molecule has 4 saturated heterocycles. The Morgan fingerprint density at radius 1 is 0.906 bits per heavy atom. The average molecular weight is 865 g/mol. The number of phenols is 1. The Hall–Kier alpha value is -6.71. The van der Waals surface area contributed by atoms with E-state index in [1.807, 2.05) is 72.3 Å². The van der Waals surface area contributed by atoms with Gasteiger partial charge in [0.2, 0.25) is 11.8 Å². The molecule has 0 spiro atoms. The van der Waals surface area contributed by atoms with Crippen LogP contribution in [0.3, 0.4) is 0 Å². The van der Waals surface area contributed by atoms with Gasteiger partial charge in [-0.25, -0.2) is 19.8 Å². The molecular weight excluding hydrogens is 809 g/mol. The molecule has 2 unspecified atom stereocenters. The number of likely N-dealkylation sites (tertiary alicyclic amines) is 1. The second kappa shape index (κ2) is 18.6. The number of phenolic OH excluding ortho intramolecular Hbond substituents is 1. The highest BCUT2D eigenvalue weighted by atomic mass is 16.3. The number of amides is 5. The molecule has 6 heterocycles. The van der Waals surface area contributed by atoms with Crippen molar-refractivity contribution >= 4 is 46.2 Å². The smallest absolute Gasteiger partial charge is 0.334 e. The van der Waals surface area contributed by atoms with Gasteiger partial charge in [-0.3, -0.25) is 14.4 Å². The standard InChI is InChI=1S/C49H56N10O5/c1-3-22-57-33-45(61)58-42(27-34-14-17-39(60)18-15-34)48(63)56(32-44(58)59(57)49(64)51-28-35-10-5-4-6-11-35)30-36-12-9-13-40-41(31-53(2)46(36)40)47(62)52-37-16-19-43(50-29-37)55-25-20-38(21-26-55)54-23-7-8-24-54/h3-6,9-19,29,31,38,42,44,60H,1,7-8,20-28,30,32-33H2,2H3,(H,51,64)(H,52,62). The summed E-state index contributed by atoms with van der Waals surface area (Å²) in [7, 11) is 1.88. The summed E-state index contributed by atoms with van der Waals surface area (Å²) in [5, 5.41) is 20.1. The number of carbonyl (C=O) groups is 4. The second-order valence-electron chi connectivity index (χ2n) is 17.3. The van der Waals surface area contributed by atoms with Crippen molar-refractivity contribution in [2.75, 3.05) is 56.0 Å². The second-order valence-corrected chi connectivity index (χ2v) is 17.3. The maximum absolute atomic E-state index is 14.8. The molecule has 64 heavy (non-hydrogen) atoms. The zero-order chi connectivity index (χ0) is 44.3. The van der Waals surface area contributed by atoms with Gasteiger partial charge in [-0.15, -0.1) is 6.58 Å². The Morgan fingerprint density at radius 2 is 1.67 bits per heavy atom. The molecule has 3 aromatic carbocycles. The van der Waals surface area contributed by atoms with E-state index >= 15 is 0 Å². The number of urea groups is 1. The van der Waals surface area contributed by atoms with Gasteiger partial charge in [0.05, 0.1) is 36.1 Å². The molecule has 3 N–H and O–H groups in total. The Morgan fingerprint density at radius 3 is 2.39 bits per heavy atom. The lowest BCUT2D eigenvalue weighted by molar-refractivity contribution is -0.189. The van der Waals surface area contributed by atoms with Gasteiger partial charge in [-0.05, 0) is 79.7 Å². The van der Waals surface area contributed by atoms with E-state index < -0.39 is 18.2 Å². The van der Waals surface area contributed by atoms with Gasteiger partial charge in [0.15, 0.2) is 0 Å². The molecule has 0 bridgehead atoms. The number of pyridine rings is 1. The third-order valence-corrected chi connectivity index (χ3v) is 13.2. The number of piperazine rings is 1. The minimum absolute atomic E-state index is 0.0383. The highest BCUT2D eigenvalue weighted by molar-refractivity contribution is 6.13. The number of hydrogen-bond donors (Lipinski definition) is 3. The fourth-order valence-corrected chi connectivity index (χ4v) is 10.0. The van der Waals surface area contributed by atoms with Crippen LogP contribution >= 0.6 is 0 Å². The van der Waals surface area contributed by atoms with Crippen LogP contribution in [0.2, 0.25) is 0 Å². The lowest BCUT2D eigenvalue weighted by Gasteiger charge is -2.55. The number of carbonyl (C=O) groups excluding carboxylic acids is 4. The van der Waals surface area contributed by atoms with Crippen LogP contribution in [-0.4, -0.2) is 127 Å². The molecule has 15 heteroatoms. The number of nitrogens with zero attached hydrogens (tertiary/aromatic N) is 8. The minimum Gasteiger partial charge on any atom is -0.508 e. The molecule has 9 rings (SSSR count). The van der Waals surface area contributed by atoms with Crippen molar-refractivity contribution < 1.29 is 24.3 Å². The summed E-state index contributed by atoms with van der Waals surface area (Å²) in [5.41, 5.74) is 4.33. The number of aromatic nitrogens is 2. The zero-order valence-electron chi connectivity index (χ0n) is 36.3. The predicted octanol–water partition coefficient (Wildman–Crippen LogP) is 5.33. The fourth-order valence-electron chi connectivity index (χ4n) is 10.0. The van der Waals surface area contributed by atoms with Gasteiger partial charge in [0, 0.05) is 63.8 Å². The number of aromatic hydroxyl groups is 1. The summed E-state index contributed by atoms with van der Waals surface area (Å²) in [5.74, 6) is 0.178. The zero-order valence-corrected chi connectivity index (χ0v) is 36.3. The third-order valence-electron chi connectivity index (χ3n) is 13.2. The van der Waals surface area contributed by atoms with E-state index in [0.29, 0.717) is 17.3 Å². The molecule has 332 valence electrons. The molecule has 2 atom stereocenters. The van der Waals surface area contributed by atoms with E-state index in [0.717, 1.165) is 59.3 Å². The number of hydrogen-bond acceptors (Lipinski definition) is 9. The van der Waals surface area contributed by atoms with Gasteiger partial charge in [0.25, 0.3) is 5.91 Å². The van der Waals surface area contributed by atoms with Gasteiger partial charge in [0.1, 0.15) is 23.8 Å². The summed E-state index contributed by atoms with van der Waals surface area (Å²) in [6.45, 7) is 8.83. The summed E-state index contributed by atoms with van der Waals surface area (Å²) in [4.78, 5) is 70.1. The van der Waals surface area contributed by atoms with E-state index in [9.17, 15) is 24.3 Å². The van der Waals surface area contributed by atoms with Crippen LogP contribution in [0.1, 0.15) is 52.7 Å². The van der Waals surface area contributed by atoms with E-state index in [1.165, 1.54) is 25.9 Å². The van der Waals surface area contributed by atoms with Crippen LogP contribution in [0, 0.1) is 0 Å². The number of nitrogens with one attached hydrogen (secondary N) is 2. The number of benzene rings is 3. The van der Waals surface area contributed by atoms with Gasteiger partial charge < -0.3 is 39.9 Å². The molecule has 5 amide bonds. The summed E-state index contributed by atoms with van der Waals surface area (Å²) >= 11 is 0. The fraction of sp³-hybridized carbons (Fsp3) is 0.367. The molecule has 4 fully saturated rings. The predicted molar refractivity (Wildman–Crippen MR) is 245 cm³/mol. The number of fused-ring (bicyclic) bond motifs is 2. The monoisotopic (exact) mass is 864 g/mol. The molecule has 4 aliphatic rings. The highest BCUT2D eigenvalue weighted by Crippen LogP contribution is 2.32. The van der Waals surface area contributed by atoms with Crippen molar-refractivity contribution in [3.05, 3.63) is 132 Å². The maximum Gasteiger partial charge on any atom is 0.334 e. The van der Waals surface area contributed by atoms with Crippen molar-refractivity contribution in [1.82, 2.24) is 39.6 Å². The minimum atomic E-state index is -0.943. The Balaban J connectivity index is 0.959. The number of rotatable bonds is 12. The summed E-state index contributed by atoms with van der Waals surface area (Å²) < 4.78 is 1.90. The van der Waals surface area contributed by atoms with Crippen LogP contribution in [0.5, 0.6) is 5.75 Å². The van der Waals surface area contributed by atoms with Crippen molar-refractivity contribution in [3.63, 3.8) is 0 Å². The van der Waals surface area contributed by atoms with Crippen LogP contribution in [-0.2, 0) is 36.1 Å². The molecule has 0 aliphatic carbocycles. The average Bonchev–Trinajstić information content (AvgIpc) is 3.98. The van der Waals surface area contributed by atoms with Crippen LogP contribution in [0.25, 0.3) is 10.9 Å². The maximum atomic E-state index is 14.8. The molecule has 0 saturated carbocycles. The first-order chi connectivity index (χ1) is 31.1. The molecule has 2 aromatic heterocycles. The largest absolute Gasteiger partial charge is 0.508 e. The number of aryl methyl sites for hydroxylation is 1. The number of piperidine rings is 1. The van der Waals surface area contributed by atoms with E-state index in [4.69, 9.17) is 4.98 Å². The first-order valence-electron chi connectivity index (χ1n) is 22.3. The quantitative estimate of drug-likeness (QED) is 0.142. The Kier molecular flexibility index (Phi) is 12.3.